The number of aliphatic carboxylic acids is 1. The monoisotopic (exact) mass is 262 g/mol. The Balaban J connectivity index is 2.05. The van der Waals surface area contributed by atoms with Gasteiger partial charge >= 0.3 is 5.97 Å². The first-order valence-corrected chi connectivity index (χ1v) is 6.37. The van der Waals surface area contributed by atoms with E-state index in [0.29, 0.717) is 37.2 Å². The van der Waals surface area contributed by atoms with Crippen molar-refractivity contribution in [3.05, 3.63) is 29.3 Å². The molecule has 0 unspecified atom stereocenters. The summed E-state index contributed by atoms with van der Waals surface area (Å²) in [5.41, 5.74) is 7.89. The fourth-order valence-electron chi connectivity index (χ4n) is 2.32. The number of carboxylic acids is 1. The smallest absolute Gasteiger partial charge is 0.306 e. The van der Waals surface area contributed by atoms with Gasteiger partial charge in [-0.25, -0.2) is 0 Å². The number of hydrogen-bond donors (Lipinski definition) is 2. The molecule has 0 radical (unpaired) electrons. The van der Waals surface area contributed by atoms with Gasteiger partial charge in [-0.1, -0.05) is 0 Å². The van der Waals surface area contributed by atoms with Crippen LogP contribution in [-0.4, -0.2) is 35.0 Å². The lowest BCUT2D eigenvalue weighted by molar-refractivity contribution is -0.143. The van der Waals surface area contributed by atoms with Gasteiger partial charge in [0.05, 0.1) is 5.92 Å². The maximum Gasteiger partial charge on any atom is 0.306 e. The van der Waals surface area contributed by atoms with Gasteiger partial charge in [-0.3, -0.25) is 9.59 Å². The largest absolute Gasteiger partial charge is 0.481 e. The van der Waals surface area contributed by atoms with Crippen molar-refractivity contribution >= 4 is 17.6 Å². The Morgan fingerprint density at radius 1 is 1.32 bits per heavy atom. The normalized spacial score (nSPS) is 16.4. The zero-order valence-corrected chi connectivity index (χ0v) is 10.9. The van der Waals surface area contributed by atoms with E-state index in [0.717, 1.165) is 5.56 Å². The highest BCUT2D eigenvalue weighted by atomic mass is 16.4. The van der Waals surface area contributed by atoms with Crippen molar-refractivity contribution in [1.29, 1.82) is 0 Å². The number of nitrogen functional groups attached to an aromatic ring is 1. The summed E-state index contributed by atoms with van der Waals surface area (Å²) >= 11 is 0. The Morgan fingerprint density at radius 3 is 2.47 bits per heavy atom. The molecular formula is C14H18N2O3. The standard InChI is InChI=1S/C14H18N2O3/c1-9-8-11(2-3-12(9)15)13(17)16-6-4-10(5-7-16)14(18)19/h2-3,8,10H,4-7,15H2,1H3,(H,18,19). The van der Waals surface area contributed by atoms with Crippen molar-refractivity contribution in [2.24, 2.45) is 5.92 Å². The number of likely N-dealkylation sites (tertiary alicyclic amines) is 1. The van der Waals surface area contributed by atoms with Gasteiger partial charge in [0.15, 0.2) is 0 Å². The fraction of sp³-hybridized carbons (Fsp3) is 0.429. The number of nitrogens with two attached hydrogens (primary N) is 1. The molecule has 1 heterocycles. The molecule has 1 aromatic carbocycles. The van der Waals surface area contributed by atoms with E-state index in [9.17, 15) is 9.59 Å². The second kappa shape index (κ2) is 5.30. The third-order valence-electron chi connectivity index (χ3n) is 3.65. The van der Waals surface area contributed by atoms with E-state index in [4.69, 9.17) is 10.8 Å². The van der Waals surface area contributed by atoms with Crippen LogP contribution in [0.25, 0.3) is 0 Å². The van der Waals surface area contributed by atoms with Crippen molar-refractivity contribution in [3.63, 3.8) is 0 Å². The maximum absolute atomic E-state index is 12.3. The molecule has 0 saturated carbocycles. The molecule has 1 fully saturated rings. The molecule has 1 aromatic rings. The second-order valence-corrected chi connectivity index (χ2v) is 4.98. The number of carbonyl (C=O) groups excluding carboxylic acids is 1. The van der Waals surface area contributed by atoms with Gasteiger partial charge in [-0.2, -0.15) is 0 Å². The lowest BCUT2D eigenvalue weighted by atomic mass is 9.96. The fourth-order valence-corrected chi connectivity index (χ4v) is 2.32. The Morgan fingerprint density at radius 2 is 1.95 bits per heavy atom. The Hall–Kier alpha value is -2.04. The summed E-state index contributed by atoms with van der Waals surface area (Å²) in [5, 5.41) is 8.93. The number of carbonyl (C=O) groups is 2. The number of rotatable bonds is 2. The van der Waals surface area contributed by atoms with Crippen LogP contribution in [0.1, 0.15) is 28.8 Å². The number of aryl methyl sites for hydroxylation is 1. The predicted molar refractivity (Wildman–Crippen MR) is 71.9 cm³/mol. The summed E-state index contributed by atoms with van der Waals surface area (Å²) in [6, 6.07) is 5.22. The number of nitrogens with zero attached hydrogens (tertiary/aromatic N) is 1. The molecule has 2 rings (SSSR count). The summed E-state index contributed by atoms with van der Waals surface area (Å²) in [6.07, 6.45) is 1.05. The summed E-state index contributed by atoms with van der Waals surface area (Å²) < 4.78 is 0. The number of piperidine rings is 1. The average Bonchev–Trinajstić information content (AvgIpc) is 2.41. The number of hydrogen-bond acceptors (Lipinski definition) is 3. The van der Waals surface area contributed by atoms with E-state index in [1.165, 1.54) is 0 Å². The van der Waals surface area contributed by atoms with Crippen LogP contribution in [0, 0.1) is 12.8 Å². The molecule has 0 bridgehead atoms. The van der Waals surface area contributed by atoms with E-state index in [-0.39, 0.29) is 11.8 Å². The average molecular weight is 262 g/mol. The highest BCUT2D eigenvalue weighted by Gasteiger charge is 2.27. The topological polar surface area (TPSA) is 83.6 Å². The van der Waals surface area contributed by atoms with E-state index < -0.39 is 5.97 Å². The van der Waals surface area contributed by atoms with Gasteiger partial charge < -0.3 is 15.7 Å². The third-order valence-corrected chi connectivity index (χ3v) is 3.65. The predicted octanol–water partition coefficient (Wildman–Crippen LogP) is 1.51. The van der Waals surface area contributed by atoms with Crippen molar-refractivity contribution in [2.75, 3.05) is 18.8 Å². The van der Waals surface area contributed by atoms with E-state index >= 15 is 0 Å². The second-order valence-electron chi connectivity index (χ2n) is 4.98. The highest BCUT2D eigenvalue weighted by molar-refractivity contribution is 5.95. The van der Waals surface area contributed by atoms with Gasteiger partial charge in [0.2, 0.25) is 0 Å². The summed E-state index contributed by atoms with van der Waals surface area (Å²) in [7, 11) is 0. The molecule has 0 aromatic heterocycles. The van der Waals surface area contributed by atoms with Gasteiger partial charge in [-0.15, -0.1) is 0 Å². The van der Waals surface area contributed by atoms with Gasteiger partial charge in [-0.05, 0) is 43.5 Å². The maximum atomic E-state index is 12.3. The van der Waals surface area contributed by atoms with Crippen molar-refractivity contribution in [2.45, 2.75) is 19.8 Å². The minimum Gasteiger partial charge on any atom is -0.481 e. The van der Waals surface area contributed by atoms with Crippen LogP contribution >= 0.6 is 0 Å². The number of anilines is 1. The number of benzene rings is 1. The van der Waals surface area contributed by atoms with E-state index in [1.807, 2.05) is 6.92 Å². The van der Waals surface area contributed by atoms with Crippen LogP contribution in [-0.2, 0) is 4.79 Å². The Labute approximate surface area is 112 Å². The van der Waals surface area contributed by atoms with Crippen LogP contribution in [0.2, 0.25) is 0 Å². The van der Waals surface area contributed by atoms with Crippen LogP contribution in [0.3, 0.4) is 0 Å². The molecule has 1 amide bonds. The summed E-state index contributed by atoms with van der Waals surface area (Å²) in [6.45, 7) is 2.86. The molecule has 5 nitrogen and oxygen atoms in total. The molecule has 102 valence electrons. The van der Waals surface area contributed by atoms with Gasteiger partial charge in [0, 0.05) is 24.3 Å². The summed E-state index contributed by atoms with van der Waals surface area (Å²) in [4.78, 5) is 24.9. The molecule has 19 heavy (non-hydrogen) atoms. The van der Waals surface area contributed by atoms with Crippen LogP contribution in [0.4, 0.5) is 5.69 Å². The van der Waals surface area contributed by atoms with Gasteiger partial charge in [0.25, 0.3) is 5.91 Å². The lowest BCUT2D eigenvalue weighted by Gasteiger charge is -2.30. The van der Waals surface area contributed by atoms with E-state index in [2.05, 4.69) is 0 Å². The number of carboxylic acid groups (broad SMARTS) is 1. The lowest BCUT2D eigenvalue weighted by Crippen LogP contribution is -2.40. The minimum atomic E-state index is -0.768. The first-order valence-electron chi connectivity index (χ1n) is 6.37. The van der Waals surface area contributed by atoms with Gasteiger partial charge in [0.1, 0.15) is 0 Å². The van der Waals surface area contributed by atoms with Crippen molar-refractivity contribution in [1.82, 2.24) is 4.90 Å². The Bertz CT molecular complexity index is 505. The molecule has 0 spiro atoms. The molecule has 3 N–H and O–H groups in total. The molecular weight excluding hydrogens is 244 g/mol. The highest BCUT2D eigenvalue weighted by Crippen LogP contribution is 2.20. The third kappa shape index (κ3) is 2.86. The van der Waals surface area contributed by atoms with Crippen molar-refractivity contribution in [3.8, 4) is 0 Å². The van der Waals surface area contributed by atoms with Crippen LogP contribution in [0.15, 0.2) is 18.2 Å². The van der Waals surface area contributed by atoms with Crippen molar-refractivity contribution < 1.29 is 14.7 Å². The van der Waals surface area contributed by atoms with E-state index in [1.54, 1.807) is 23.1 Å². The molecule has 0 atom stereocenters. The Kier molecular flexibility index (Phi) is 3.74. The van der Waals surface area contributed by atoms with Crippen LogP contribution in [0.5, 0.6) is 0 Å². The first kappa shape index (κ1) is 13.4. The molecule has 1 aliphatic rings. The molecule has 0 aliphatic carbocycles. The molecule has 5 heteroatoms. The van der Waals surface area contributed by atoms with Crippen LogP contribution < -0.4 is 5.73 Å². The zero-order chi connectivity index (χ0) is 14.0. The minimum absolute atomic E-state index is 0.0491. The SMILES string of the molecule is Cc1cc(C(=O)N2CCC(C(=O)O)CC2)ccc1N. The first-order chi connectivity index (χ1) is 8.99. The quantitative estimate of drug-likeness (QED) is 0.791. The molecule has 1 aliphatic heterocycles. The zero-order valence-electron chi connectivity index (χ0n) is 10.9. The molecule has 1 saturated heterocycles. The summed E-state index contributed by atoms with van der Waals surface area (Å²) in [5.74, 6) is -1.14. The number of amides is 1.